The maximum absolute atomic E-state index is 11.1. The largest absolute Gasteiger partial charge is 0.424 e. The second kappa shape index (κ2) is 4.22. The molecule has 0 saturated heterocycles. The molecule has 3 heteroatoms. The van der Waals surface area contributed by atoms with Crippen LogP contribution in [0.4, 0.5) is 11.4 Å². The highest BCUT2D eigenvalue weighted by molar-refractivity contribution is 6.98. The Morgan fingerprint density at radius 1 is 0.895 bits per heavy atom. The van der Waals surface area contributed by atoms with Gasteiger partial charge >= 0.3 is 0 Å². The average molecular weight is 269 g/mol. The van der Waals surface area contributed by atoms with Gasteiger partial charge in [0.15, 0.2) is 0 Å². The van der Waals surface area contributed by atoms with Gasteiger partial charge in [-0.25, -0.2) is 0 Å². The predicted molar refractivity (Wildman–Crippen MR) is 83.3 cm³/mol. The van der Waals surface area contributed by atoms with E-state index >= 15 is 0 Å². The Bertz CT molecular complexity index is 572. The van der Waals surface area contributed by atoms with Crippen LogP contribution in [0.5, 0.6) is 0 Å². The van der Waals surface area contributed by atoms with Crippen molar-refractivity contribution in [3.05, 3.63) is 48.5 Å². The van der Waals surface area contributed by atoms with Crippen molar-refractivity contribution in [1.82, 2.24) is 0 Å². The van der Waals surface area contributed by atoms with E-state index in [9.17, 15) is 4.80 Å². The van der Waals surface area contributed by atoms with Gasteiger partial charge in [0.05, 0.1) is 0 Å². The molecule has 1 heterocycles. The molecule has 0 fully saturated rings. The first-order valence-electron chi connectivity index (χ1n) is 6.74. The van der Waals surface area contributed by atoms with Crippen LogP contribution in [-0.2, 0) is 0 Å². The molecule has 0 aromatic heterocycles. The van der Waals surface area contributed by atoms with Crippen LogP contribution in [0.1, 0.15) is 13.8 Å². The van der Waals surface area contributed by atoms with E-state index in [0.717, 1.165) is 21.7 Å². The molecule has 2 nitrogen and oxygen atoms in total. The number of rotatable bonds is 1. The Hall–Kier alpha value is -1.58. The second-order valence-corrected chi connectivity index (χ2v) is 8.79. The van der Waals surface area contributed by atoms with Gasteiger partial charge < -0.3 is 9.70 Å². The van der Waals surface area contributed by atoms with Crippen molar-refractivity contribution in [2.75, 3.05) is 4.90 Å². The molecule has 2 aromatic carbocycles. The molecule has 0 amide bonds. The van der Waals surface area contributed by atoms with E-state index in [-0.39, 0.29) is 0 Å². The number of nitrogens with zero attached hydrogens (tertiary/aromatic N) is 1. The Morgan fingerprint density at radius 3 is 1.74 bits per heavy atom. The van der Waals surface area contributed by atoms with Crippen molar-refractivity contribution >= 4 is 30.1 Å². The minimum absolute atomic E-state index is 0.368. The molecule has 2 aromatic rings. The van der Waals surface area contributed by atoms with Gasteiger partial charge in [0.2, 0.25) is 0 Å². The number of benzene rings is 2. The van der Waals surface area contributed by atoms with Gasteiger partial charge in [-0.05, 0) is 42.9 Å². The Kier molecular flexibility index (Phi) is 2.76. The fraction of sp³-hybridized carbons (Fsp3) is 0.250. The van der Waals surface area contributed by atoms with E-state index in [1.807, 2.05) is 30.8 Å². The van der Waals surface area contributed by atoms with Crippen LogP contribution in [0.2, 0.25) is 6.55 Å². The molecule has 98 valence electrons. The van der Waals surface area contributed by atoms with Crippen molar-refractivity contribution in [3.8, 4) is 0 Å². The Labute approximate surface area is 115 Å². The van der Waals surface area contributed by atoms with Crippen LogP contribution >= 0.6 is 0 Å². The molecule has 0 spiro atoms. The number of fused-ring (bicyclic) bond motifs is 2. The van der Waals surface area contributed by atoms with Crippen LogP contribution in [0.3, 0.4) is 0 Å². The monoisotopic (exact) mass is 269 g/mol. The maximum Gasteiger partial charge on any atom is 0.253 e. The normalized spacial score (nSPS) is 16.2. The van der Waals surface area contributed by atoms with Crippen LogP contribution in [-0.4, -0.2) is 19.2 Å². The van der Waals surface area contributed by atoms with Gasteiger partial charge in [0.1, 0.15) is 0 Å². The first-order chi connectivity index (χ1) is 9.03. The summed E-state index contributed by atoms with van der Waals surface area (Å²) in [5, 5.41) is 2.23. The lowest BCUT2D eigenvalue weighted by atomic mass is 10.1. The van der Waals surface area contributed by atoms with Gasteiger partial charge in [-0.2, -0.15) is 0 Å². The van der Waals surface area contributed by atoms with Crippen molar-refractivity contribution in [2.45, 2.75) is 26.4 Å². The maximum atomic E-state index is 11.1. The standard InChI is InChI=1S/C16H19NOSi/c1-12(2)17-13-8-4-6-10-15(13)19(3,18)16-11-7-5-9-14(16)17/h4-12,18H,1-3H3. The SMILES string of the molecule is CC(C)N1c2ccccc2[Si](C)(O)c2ccccc21. The molecule has 0 aliphatic carbocycles. The molecule has 1 aliphatic heterocycles. The van der Waals surface area contributed by atoms with Gasteiger partial charge in [-0.1, -0.05) is 36.4 Å². The fourth-order valence-corrected chi connectivity index (χ4v) is 5.56. The summed E-state index contributed by atoms with van der Waals surface area (Å²) in [4.78, 5) is 13.4. The summed E-state index contributed by atoms with van der Waals surface area (Å²) < 4.78 is 0. The third-order valence-electron chi connectivity index (χ3n) is 3.89. The molecule has 0 atom stereocenters. The Morgan fingerprint density at radius 2 is 1.32 bits per heavy atom. The number of hydrogen-bond donors (Lipinski definition) is 1. The Balaban J connectivity index is 2.34. The zero-order valence-electron chi connectivity index (χ0n) is 11.6. The molecule has 0 bridgehead atoms. The van der Waals surface area contributed by atoms with E-state index in [0.29, 0.717) is 6.04 Å². The van der Waals surface area contributed by atoms with Gasteiger partial charge in [-0.15, -0.1) is 0 Å². The second-order valence-electron chi connectivity index (χ2n) is 5.57. The van der Waals surface area contributed by atoms with Crippen LogP contribution in [0, 0.1) is 0 Å². The van der Waals surface area contributed by atoms with Crippen molar-refractivity contribution in [3.63, 3.8) is 0 Å². The van der Waals surface area contributed by atoms with Gasteiger partial charge in [0.25, 0.3) is 8.32 Å². The summed E-state index contributed by atoms with van der Waals surface area (Å²) in [7, 11) is -2.56. The van der Waals surface area contributed by atoms with E-state index in [4.69, 9.17) is 0 Å². The molecule has 0 radical (unpaired) electrons. The number of anilines is 2. The molecule has 3 rings (SSSR count). The quantitative estimate of drug-likeness (QED) is 0.803. The van der Waals surface area contributed by atoms with Crippen LogP contribution < -0.4 is 15.3 Å². The topological polar surface area (TPSA) is 23.5 Å². The first-order valence-corrected chi connectivity index (χ1v) is 9.19. The van der Waals surface area contributed by atoms with E-state index in [1.54, 1.807) is 0 Å². The zero-order valence-corrected chi connectivity index (χ0v) is 12.6. The lowest BCUT2D eigenvalue weighted by Crippen LogP contribution is -2.62. The third kappa shape index (κ3) is 1.73. The third-order valence-corrected chi connectivity index (χ3v) is 6.84. The van der Waals surface area contributed by atoms with E-state index < -0.39 is 8.32 Å². The molecular weight excluding hydrogens is 250 g/mol. The minimum atomic E-state index is -2.56. The summed E-state index contributed by atoms with van der Waals surface area (Å²) in [6.07, 6.45) is 0. The summed E-state index contributed by atoms with van der Waals surface area (Å²) in [5.74, 6) is 0. The molecule has 0 saturated carbocycles. The van der Waals surface area contributed by atoms with Crippen LogP contribution in [0.15, 0.2) is 48.5 Å². The lowest BCUT2D eigenvalue weighted by Gasteiger charge is -2.41. The summed E-state index contributed by atoms with van der Waals surface area (Å²) >= 11 is 0. The summed E-state index contributed by atoms with van der Waals surface area (Å²) in [6.45, 7) is 6.40. The van der Waals surface area contributed by atoms with Gasteiger partial charge in [0, 0.05) is 17.4 Å². The number of para-hydroxylation sites is 2. The predicted octanol–water partition coefficient (Wildman–Crippen LogP) is 2.23. The zero-order chi connectivity index (χ0) is 13.6. The average Bonchev–Trinajstić information content (AvgIpc) is 2.39. The smallest absolute Gasteiger partial charge is 0.253 e. The molecule has 0 unspecified atom stereocenters. The molecular formula is C16H19NOSi. The molecule has 1 N–H and O–H groups in total. The van der Waals surface area contributed by atoms with E-state index in [2.05, 4.69) is 43.0 Å². The van der Waals surface area contributed by atoms with E-state index in [1.165, 1.54) is 0 Å². The minimum Gasteiger partial charge on any atom is -0.424 e. The first kappa shape index (κ1) is 12.5. The summed E-state index contributed by atoms with van der Waals surface area (Å²) in [6, 6.07) is 16.9. The van der Waals surface area contributed by atoms with Gasteiger partial charge in [-0.3, -0.25) is 0 Å². The van der Waals surface area contributed by atoms with Crippen molar-refractivity contribution in [1.29, 1.82) is 0 Å². The molecule has 1 aliphatic rings. The molecule has 19 heavy (non-hydrogen) atoms. The van der Waals surface area contributed by atoms with Crippen molar-refractivity contribution in [2.24, 2.45) is 0 Å². The highest BCUT2D eigenvalue weighted by atomic mass is 28.4. The fourth-order valence-electron chi connectivity index (χ4n) is 3.02. The van der Waals surface area contributed by atoms with Crippen molar-refractivity contribution < 1.29 is 4.80 Å². The highest BCUT2D eigenvalue weighted by Crippen LogP contribution is 2.31. The number of hydrogen-bond acceptors (Lipinski definition) is 2. The highest BCUT2D eigenvalue weighted by Gasteiger charge is 2.41. The summed E-state index contributed by atoms with van der Waals surface area (Å²) in [5.41, 5.74) is 2.32. The lowest BCUT2D eigenvalue weighted by molar-refractivity contribution is 0.574. The van der Waals surface area contributed by atoms with Crippen LogP contribution in [0.25, 0.3) is 0 Å².